The first-order chi connectivity index (χ1) is 13.6. The number of aryl methyl sites for hydroxylation is 1. The molecule has 0 bridgehead atoms. The van der Waals surface area contributed by atoms with Gasteiger partial charge in [-0.15, -0.1) is 6.58 Å². The van der Waals surface area contributed by atoms with Crippen molar-refractivity contribution in [1.82, 2.24) is 15.5 Å². The summed E-state index contributed by atoms with van der Waals surface area (Å²) >= 11 is 0. The minimum Gasteiger partial charge on any atom is -0.317 e. The number of allylic oxidation sites excluding steroid dienone is 1. The van der Waals surface area contributed by atoms with Crippen LogP contribution in [0.15, 0.2) is 30.9 Å². The molecular weight excluding hydrogens is 342 g/mol. The molecule has 3 nitrogen and oxygen atoms in total. The number of nitrogens with zero attached hydrogens (tertiary/aromatic N) is 1. The maximum atomic E-state index is 3.94. The van der Waals surface area contributed by atoms with E-state index in [9.17, 15) is 0 Å². The van der Waals surface area contributed by atoms with Crippen LogP contribution in [0, 0.1) is 5.92 Å². The SMILES string of the molecule is C=CCCC(C(C)NC)C(C)c1cccc(CCCN2CCNCC2)c1CC. The molecule has 0 aromatic heterocycles. The summed E-state index contributed by atoms with van der Waals surface area (Å²) in [7, 11) is 2.09. The Bertz CT molecular complexity index is 577. The summed E-state index contributed by atoms with van der Waals surface area (Å²) in [4.78, 5) is 2.61. The summed E-state index contributed by atoms with van der Waals surface area (Å²) in [5, 5.41) is 6.95. The monoisotopic (exact) mass is 385 g/mol. The van der Waals surface area contributed by atoms with Crippen molar-refractivity contribution in [1.29, 1.82) is 0 Å². The van der Waals surface area contributed by atoms with Gasteiger partial charge in [-0.1, -0.05) is 38.1 Å². The maximum Gasteiger partial charge on any atom is 0.0107 e. The second kappa shape index (κ2) is 12.4. The highest BCUT2D eigenvalue weighted by atomic mass is 15.2. The average Bonchev–Trinajstić information content (AvgIpc) is 2.74. The van der Waals surface area contributed by atoms with E-state index in [1.54, 1.807) is 16.7 Å². The fourth-order valence-corrected chi connectivity index (χ4v) is 4.86. The Labute approximate surface area is 174 Å². The van der Waals surface area contributed by atoms with E-state index < -0.39 is 0 Å². The van der Waals surface area contributed by atoms with Gasteiger partial charge in [0.25, 0.3) is 0 Å². The van der Waals surface area contributed by atoms with Gasteiger partial charge in [0.1, 0.15) is 0 Å². The molecule has 1 aromatic carbocycles. The maximum absolute atomic E-state index is 3.94. The summed E-state index contributed by atoms with van der Waals surface area (Å²) in [6.45, 7) is 16.9. The molecule has 1 aromatic rings. The largest absolute Gasteiger partial charge is 0.317 e. The van der Waals surface area contributed by atoms with E-state index in [2.05, 4.69) is 74.2 Å². The van der Waals surface area contributed by atoms with E-state index in [-0.39, 0.29) is 0 Å². The van der Waals surface area contributed by atoms with Crippen LogP contribution in [0.2, 0.25) is 0 Å². The lowest BCUT2D eigenvalue weighted by molar-refractivity contribution is 0.238. The first kappa shape index (κ1) is 23.1. The third-order valence-electron chi connectivity index (χ3n) is 6.73. The Morgan fingerprint density at radius 1 is 1.25 bits per heavy atom. The van der Waals surface area contributed by atoms with Crippen molar-refractivity contribution in [3.63, 3.8) is 0 Å². The molecule has 158 valence electrons. The molecule has 1 fully saturated rings. The molecule has 0 spiro atoms. The van der Waals surface area contributed by atoms with E-state index in [4.69, 9.17) is 0 Å². The van der Waals surface area contributed by atoms with Crippen molar-refractivity contribution >= 4 is 0 Å². The molecule has 3 heteroatoms. The molecule has 0 saturated carbocycles. The number of piperazine rings is 1. The number of hydrogen-bond acceptors (Lipinski definition) is 3. The molecule has 1 heterocycles. The molecule has 1 aliphatic rings. The minimum absolute atomic E-state index is 0.510. The number of nitrogens with one attached hydrogen (secondary N) is 2. The molecule has 1 saturated heterocycles. The number of benzene rings is 1. The van der Waals surface area contributed by atoms with Crippen LogP contribution in [0.1, 0.15) is 62.6 Å². The Morgan fingerprint density at radius 2 is 2.00 bits per heavy atom. The van der Waals surface area contributed by atoms with Crippen molar-refractivity contribution in [2.75, 3.05) is 39.8 Å². The molecule has 3 unspecified atom stereocenters. The van der Waals surface area contributed by atoms with Crippen molar-refractivity contribution in [3.8, 4) is 0 Å². The van der Waals surface area contributed by atoms with Crippen molar-refractivity contribution in [3.05, 3.63) is 47.5 Å². The molecule has 0 amide bonds. The second-order valence-electron chi connectivity index (χ2n) is 8.43. The van der Waals surface area contributed by atoms with Crippen LogP contribution in [-0.4, -0.2) is 50.7 Å². The Kier molecular flexibility index (Phi) is 10.3. The predicted molar refractivity (Wildman–Crippen MR) is 123 cm³/mol. The average molecular weight is 386 g/mol. The normalized spacial score (nSPS) is 18.6. The van der Waals surface area contributed by atoms with Gasteiger partial charge in [-0.3, -0.25) is 0 Å². The lowest BCUT2D eigenvalue weighted by atomic mass is 9.77. The van der Waals surface area contributed by atoms with Crippen LogP contribution in [0.3, 0.4) is 0 Å². The van der Waals surface area contributed by atoms with E-state index in [0.717, 1.165) is 25.9 Å². The smallest absolute Gasteiger partial charge is 0.0107 e. The van der Waals surface area contributed by atoms with Crippen LogP contribution in [0.4, 0.5) is 0 Å². The van der Waals surface area contributed by atoms with Gasteiger partial charge >= 0.3 is 0 Å². The molecule has 3 atom stereocenters. The first-order valence-corrected chi connectivity index (χ1v) is 11.4. The highest BCUT2D eigenvalue weighted by Crippen LogP contribution is 2.34. The molecule has 0 aliphatic carbocycles. The third kappa shape index (κ3) is 6.43. The van der Waals surface area contributed by atoms with Gasteiger partial charge in [0.15, 0.2) is 0 Å². The van der Waals surface area contributed by atoms with Gasteiger partial charge in [-0.05, 0) is 81.1 Å². The van der Waals surface area contributed by atoms with Crippen LogP contribution < -0.4 is 10.6 Å². The van der Waals surface area contributed by atoms with Crippen LogP contribution in [0.5, 0.6) is 0 Å². The Hall–Kier alpha value is -1.16. The summed E-state index contributed by atoms with van der Waals surface area (Å²) in [6.07, 6.45) is 7.95. The topological polar surface area (TPSA) is 27.3 Å². The molecule has 2 rings (SSSR count). The lowest BCUT2D eigenvalue weighted by Crippen LogP contribution is -2.43. The van der Waals surface area contributed by atoms with Gasteiger partial charge in [-0.2, -0.15) is 0 Å². The summed E-state index contributed by atoms with van der Waals surface area (Å²) in [5.74, 6) is 1.19. The standard InChI is InChI=1S/C25H43N3/c1-6-8-13-24(21(4)26-5)20(3)25-14-9-11-22(23(25)7-2)12-10-17-28-18-15-27-16-19-28/h6,9,11,14,20-21,24,26-27H,1,7-8,10,12-13,15-19H2,2-5H3. The molecule has 1 aliphatic heterocycles. The van der Waals surface area contributed by atoms with Crippen LogP contribution >= 0.6 is 0 Å². The third-order valence-corrected chi connectivity index (χ3v) is 6.73. The van der Waals surface area contributed by atoms with Gasteiger partial charge in [0.2, 0.25) is 0 Å². The minimum atomic E-state index is 0.510. The highest BCUT2D eigenvalue weighted by Gasteiger charge is 2.25. The van der Waals surface area contributed by atoms with Crippen LogP contribution in [0.25, 0.3) is 0 Å². The fraction of sp³-hybridized carbons (Fsp3) is 0.680. The van der Waals surface area contributed by atoms with Crippen molar-refractivity contribution in [2.45, 2.75) is 64.8 Å². The fourth-order valence-electron chi connectivity index (χ4n) is 4.86. The summed E-state index contributed by atoms with van der Waals surface area (Å²) < 4.78 is 0. The zero-order valence-corrected chi connectivity index (χ0v) is 18.8. The molecule has 2 N–H and O–H groups in total. The van der Waals surface area contributed by atoms with E-state index >= 15 is 0 Å². The van der Waals surface area contributed by atoms with Gasteiger partial charge in [0.05, 0.1) is 0 Å². The highest BCUT2D eigenvalue weighted by molar-refractivity contribution is 5.38. The quantitative estimate of drug-likeness (QED) is 0.523. The lowest BCUT2D eigenvalue weighted by Gasteiger charge is -2.31. The van der Waals surface area contributed by atoms with Gasteiger partial charge < -0.3 is 15.5 Å². The first-order valence-electron chi connectivity index (χ1n) is 11.4. The number of hydrogen-bond donors (Lipinski definition) is 2. The van der Waals surface area contributed by atoms with Gasteiger partial charge in [-0.25, -0.2) is 0 Å². The summed E-state index contributed by atoms with van der Waals surface area (Å²) in [5.41, 5.74) is 4.74. The molecule has 0 radical (unpaired) electrons. The van der Waals surface area contributed by atoms with Crippen molar-refractivity contribution in [2.24, 2.45) is 5.92 Å². The van der Waals surface area contributed by atoms with E-state index in [1.165, 1.54) is 38.9 Å². The Morgan fingerprint density at radius 3 is 2.64 bits per heavy atom. The zero-order valence-electron chi connectivity index (χ0n) is 18.8. The summed E-state index contributed by atoms with van der Waals surface area (Å²) in [6, 6.07) is 7.55. The zero-order chi connectivity index (χ0) is 20.4. The number of rotatable bonds is 12. The van der Waals surface area contributed by atoms with E-state index in [1.807, 2.05) is 0 Å². The molecular formula is C25H43N3. The molecule has 28 heavy (non-hydrogen) atoms. The van der Waals surface area contributed by atoms with Gasteiger partial charge in [0, 0.05) is 32.2 Å². The van der Waals surface area contributed by atoms with E-state index in [0.29, 0.717) is 17.9 Å². The Balaban J connectivity index is 2.10. The van der Waals surface area contributed by atoms with Crippen LogP contribution in [-0.2, 0) is 12.8 Å². The second-order valence-corrected chi connectivity index (χ2v) is 8.43. The predicted octanol–water partition coefficient (Wildman–Crippen LogP) is 4.38. The van der Waals surface area contributed by atoms with Crippen molar-refractivity contribution < 1.29 is 0 Å².